The summed E-state index contributed by atoms with van der Waals surface area (Å²) in [5.74, 6) is 0. The zero-order valence-corrected chi connectivity index (χ0v) is 4.22. The lowest BCUT2D eigenvalue weighted by molar-refractivity contribution is 0.738. The van der Waals surface area contributed by atoms with Crippen LogP contribution < -0.4 is 10.6 Å². The molecule has 1 unspecified atom stereocenters. The van der Waals surface area contributed by atoms with Gasteiger partial charge in [-0.3, -0.25) is 5.32 Å². The lowest BCUT2D eigenvalue weighted by atomic mass is 10.6. The molecular formula is C5H9N2. The second-order valence-corrected chi connectivity index (χ2v) is 1.58. The number of rotatable bonds is 3. The first-order chi connectivity index (χ1) is 3.43. The molecule has 0 bridgehead atoms. The van der Waals surface area contributed by atoms with Gasteiger partial charge in [0.05, 0.1) is 6.17 Å². The SMILES string of the molecule is C=CCNC1C[N]1. The zero-order valence-electron chi connectivity index (χ0n) is 4.22. The van der Waals surface area contributed by atoms with Crippen molar-refractivity contribution in [1.82, 2.24) is 10.6 Å². The minimum atomic E-state index is 0.456. The zero-order chi connectivity index (χ0) is 5.11. The van der Waals surface area contributed by atoms with Crippen LogP contribution in [0, 0.1) is 0 Å². The van der Waals surface area contributed by atoms with Crippen molar-refractivity contribution < 1.29 is 0 Å². The van der Waals surface area contributed by atoms with E-state index in [-0.39, 0.29) is 0 Å². The van der Waals surface area contributed by atoms with E-state index in [0.717, 1.165) is 13.1 Å². The summed E-state index contributed by atoms with van der Waals surface area (Å²) in [7, 11) is 0. The summed E-state index contributed by atoms with van der Waals surface area (Å²) >= 11 is 0. The third-order valence-corrected chi connectivity index (χ3v) is 0.863. The molecule has 1 fully saturated rings. The standard InChI is InChI=1S/C5H9N2/c1-2-3-6-5-4-7-5/h2,5-6H,1,3-4H2. The van der Waals surface area contributed by atoms with Gasteiger partial charge in [-0.25, -0.2) is 5.32 Å². The molecule has 0 aromatic carbocycles. The van der Waals surface area contributed by atoms with Crippen molar-refractivity contribution in [2.24, 2.45) is 0 Å². The van der Waals surface area contributed by atoms with Crippen LogP contribution in [0.3, 0.4) is 0 Å². The van der Waals surface area contributed by atoms with E-state index in [2.05, 4.69) is 17.2 Å². The van der Waals surface area contributed by atoms with Crippen LogP contribution in [0.1, 0.15) is 0 Å². The molecule has 39 valence electrons. The normalized spacial score (nSPS) is 27.1. The molecule has 1 heterocycles. The summed E-state index contributed by atoms with van der Waals surface area (Å²) in [5, 5.41) is 7.10. The molecule has 2 heteroatoms. The van der Waals surface area contributed by atoms with Gasteiger partial charge in [0, 0.05) is 13.1 Å². The van der Waals surface area contributed by atoms with Crippen molar-refractivity contribution in [2.75, 3.05) is 13.1 Å². The maximum absolute atomic E-state index is 3.98. The molecule has 1 N–H and O–H groups in total. The van der Waals surface area contributed by atoms with Gasteiger partial charge < -0.3 is 0 Å². The summed E-state index contributed by atoms with van der Waals surface area (Å²) < 4.78 is 0. The summed E-state index contributed by atoms with van der Waals surface area (Å²) in [6.07, 6.45) is 2.30. The fourth-order valence-electron chi connectivity index (χ4n) is 0.401. The summed E-state index contributed by atoms with van der Waals surface area (Å²) in [5.41, 5.74) is 0. The maximum atomic E-state index is 3.98. The molecule has 1 atom stereocenters. The fraction of sp³-hybridized carbons (Fsp3) is 0.600. The van der Waals surface area contributed by atoms with Gasteiger partial charge >= 0.3 is 0 Å². The van der Waals surface area contributed by atoms with Gasteiger partial charge in [-0.2, -0.15) is 0 Å². The average molecular weight is 97.1 g/mol. The monoisotopic (exact) mass is 97.1 g/mol. The first kappa shape index (κ1) is 4.81. The summed E-state index contributed by atoms with van der Waals surface area (Å²) in [6.45, 7) is 5.43. The van der Waals surface area contributed by atoms with Crippen LogP contribution in [0.25, 0.3) is 0 Å². The van der Waals surface area contributed by atoms with Crippen LogP contribution in [0.4, 0.5) is 0 Å². The van der Waals surface area contributed by atoms with Crippen molar-refractivity contribution in [1.29, 1.82) is 0 Å². The van der Waals surface area contributed by atoms with Gasteiger partial charge in [0.15, 0.2) is 0 Å². The van der Waals surface area contributed by atoms with Gasteiger partial charge in [-0.05, 0) is 0 Å². The molecule has 1 saturated heterocycles. The Kier molecular flexibility index (Phi) is 1.44. The van der Waals surface area contributed by atoms with E-state index in [0.29, 0.717) is 6.17 Å². The van der Waals surface area contributed by atoms with Crippen molar-refractivity contribution in [3.05, 3.63) is 12.7 Å². The first-order valence-electron chi connectivity index (χ1n) is 2.44. The third kappa shape index (κ3) is 1.71. The third-order valence-electron chi connectivity index (χ3n) is 0.863. The second-order valence-electron chi connectivity index (χ2n) is 1.58. The summed E-state index contributed by atoms with van der Waals surface area (Å²) in [6, 6.07) is 0. The molecule has 0 saturated carbocycles. The predicted molar refractivity (Wildman–Crippen MR) is 29.0 cm³/mol. The number of nitrogens with one attached hydrogen (secondary N) is 1. The van der Waals surface area contributed by atoms with Crippen LogP contribution in [-0.2, 0) is 0 Å². The highest BCUT2D eigenvalue weighted by Gasteiger charge is 2.19. The van der Waals surface area contributed by atoms with Crippen molar-refractivity contribution in [3.8, 4) is 0 Å². The highest BCUT2D eigenvalue weighted by atomic mass is 15.3. The molecule has 0 aromatic heterocycles. The van der Waals surface area contributed by atoms with E-state index < -0.39 is 0 Å². The van der Waals surface area contributed by atoms with E-state index >= 15 is 0 Å². The molecule has 0 amide bonds. The van der Waals surface area contributed by atoms with Crippen LogP contribution in [0.2, 0.25) is 0 Å². The van der Waals surface area contributed by atoms with Gasteiger partial charge in [0.2, 0.25) is 0 Å². The van der Waals surface area contributed by atoms with Crippen molar-refractivity contribution in [2.45, 2.75) is 6.17 Å². The lowest BCUT2D eigenvalue weighted by Crippen LogP contribution is -2.17. The van der Waals surface area contributed by atoms with E-state index in [1.807, 2.05) is 6.08 Å². The quantitative estimate of drug-likeness (QED) is 0.380. The maximum Gasteiger partial charge on any atom is 0.0883 e. The highest BCUT2D eigenvalue weighted by molar-refractivity contribution is 4.83. The van der Waals surface area contributed by atoms with Crippen molar-refractivity contribution in [3.63, 3.8) is 0 Å². The molecule has 1 aliphatic heterocycles. The van der Waals surface area contributed by atoms with Crippen LogP contribution in [0.15, 0.2) is 12.7 Å². The minimum absolute atomic E-state index is 0.456. The molecule has 1 aliphatic rings. The largest absolute Gasteiger partial charge is 0.296 e. The molecular weight excluding hydrogens is 88.1 g/mol. The average Bonchev–Trinajstić information content (AvgIpc) is 2.42. The lowest BCUT2D eigenvalue weighted by Gasteiger charge is -1.89. The minimum Gasteiger partial charge on any atom is -0.296 e. The van der Waals surface area contributed by atoms with E-state index in [4.69, 9.17) is 0 Å². The molecule has 0 aliphatic carbocycles. The Balaban J connectivity index is 1.88. The van der Waals surface area contributed by atoms with Gasteiger partial charge in [0.1, 0.15) is 0 Å². The number of hydrogen-bond acceptors (Lipinski definition) is 1. The van der Waals surface area contributed by atoms with Crippen LogP contribution in [0.5, 0.6) is 0 Å². The van der Waals surface area contributed by atoms with Gasteiger partial charge in [-0.1, -0.05) is 6.08 Å². The Morgan fingerprint density at radius 2 is 2.71 bits per heavy atom. The number of hydrogen-bond donors (Lipinski definition) is 1. The number of nitrogens with zero attached hydrogens (tertiary/aromatic N) is 1. The Bertz CT molecular complexity index is 66.5. The predicted octanol–water partition coefficient (Wildman–Crippen LogP) is -0.294. The molecule has 1 radical (unpaired) electrons. The molecule has 0 aromatic rings. The fourth-order valence-corrected chi connectivity index (χ4v) is 0.401. The van der Waals surface area contributed by atoms with Crippen molar-refractivity contribution >= 4 is 0 Å². The van der Waals surface area contributed by atoms with E-state index in [1.165, 1.54) is 0 Å². The Morgan fingerprint density at radius 3 is 3.14 bits per heavy atom. The second kappa shape index (κ2) is 2.09. The first-order valence-corrected chi connectivity index (χ1v) is 2.44. The Hall–Kier alpha value is -0.340. The van der Waals surface area contributed by atoms with Crippen LogP contribution >= 0.6 is 0 Å². The molecule has 0 spiro atoms. The molecule has 2 nitrogen and oxygen atoms in total. The Morgan fingerprint density at radius 1 is 2.00 bits per heavy atom. The van der Waals surface area contributed by atoms with E-state index in [1.54, 1.807) is 0 Å². The van der Waals surface area contributed by atoms with Crippen LogP contribution in [-0.4, -0.2) is 19.3 Å². The van der Waals surface area contributed by atoms with Gasteiger partial charge in [0.25, 0.3) is 0 Å². The highest BCUT2D eigenvalue weighted by Crippen LogP contribution is 1.92. The Labute approximate surface area is 43.6 Å². The topological polar surface area (TPSA) is 26.1 Å². The summed E-state index contributed by atoms with van der Waals surface area (Å²) in [4.78, 5) is 0. The smallest absolute Gasteiger partial charge is 0.0883 e. The van der Waals surface area contributed by atoms with Gasteiger partial charge in [-0.15, -0.1) is 6.58 Å². The molecule has 1 rings (SSSR count). The van der Waals surface area contributed by atoms with E-state index in [9.17, 15) is 0 Å². The molecule has 7 heavy (non-hydrogen) atoms.